The van der Waals surface area contributed by atoms with Crippen molar-refractivity contribution in [3.05, 3.63) is 27.7 Å². The van der Waals surface area contributed by atoms with Crippen molar-refractivity contribution in [3.8, 4) is 0 Å². The average Bonchev–Trinajstić information content (AvgIpc) is 2.06. The number of rotatable bonds is 1. The topological polar surface area (TPSA) is 3.24 Å². The molecule has 1 aliphatic rings. The third kappa shape index (κ3) is 2.38. The van der Waals surface area contributed by atoms with Crippen LogP contribution in [-0.4, -0.2) is 13.1 Å². The molecule has 3 heteroatoms. The first kappa shape index (κ1) is 12.3. The fourth-order valence-corrected chi connectivity index (χ4v) is 2.40. The zero-order valence-corrected chi connectivity index (χ0v) is 12.3. The Kier molecular flexibility index (Phi) is 3.24. The smallest absolute Gasteiger partial charge is 0.0549 e. The molecule has 1 aromatic carbocycles. The van der Waals surface area contributed by atoms with Crippen molar-refractivity contribution in [2.24, 2.45) is 11.3 Å². The molecule has 0 saturated carbocycles. The lowest BCUT2D eigenvalue weighted by Crippen LogP contribution is -2.52. The highest BCUT2D eigenvalue weighted by atomic mass is 79.9. The summed E-state index contributed by atoms with van der Waals surface area (Å²) in [6.45, 7) is 9.24. The first-order chi connectivity index (χ1) is 7.38. The first-order valence-corrected chi connectivity index (χ1v) is 6.75. The largest absolute Gasteiger partial charge is 0.371 e. The summed E-state index contributed by atoms with van der Waals surface area (Å²) in [7, 11) is 0. The van der Waals surface area contributed by atoms with E-state index in [0.29, 0.717) is 5.41 Å². The van der Waals surface area contributed by atoms with E-state index < -0.39 is 0 Å². The van der Waals surface area contributed by atoms with Crippen LogP contribution in [0.5, 0.6) is 0 Å². The van der Waals surface area contributed by atoms with Crippen molar-refractivity contribution in [3.63, 3.8) is 0 Å². The van der Waals surface area contributed by atoms with Gasteiger partial charge >= 0.3 is 0 Å². The van der Waals surface area contributed by atoms with Gasteiger partial charge in [0.1, 0.15) is 0 Å². The normalized spacial score (nSPS) is 17.4. The molecule has 0 unspecified atom stereocenters. The molecule has 0 amide bonds. The molecule has 1 saturated heterocycles. The van der Waals surface area contributed by atoms with E-state index in [2.05, 4.69) is 53.7 Å². The van der Waals surface area contributed by atoms with Gasteiger partial charge in [-0.25, -0.2) is 0 Å². The van der Waals surface area contributed by atoms with Crippen LogP contribution in [0.25, 0.3) is 0 Å². The monoisotopic (exact) mass is 301 g/mol. The summed E-state index contributed by atoms with van der Waals surface area (Å²) in [5.74, 6) is 0.793. The van der Waals surface area contributed by atoms with Crippen LogP contribution in [0.3, 0.4) is 0 Å². The van der Waals surface area contributed by atoms with Crippen molar-refractivity contribution in [1.29, 1.82) is 0 Å². The van der Waals surface area contributed by atoms with Crippen molar-refractivity contribution >= 4 is 33.2 Å². The molecule has 0 N–H and O–H groups in total. The van der Waals surface area contributed by atoms with Gasteiger partial charge in [-0.1, -0.05) is 32.4 Å². The first-order valence-electron chi connectivity index (χ1n) is 5.58. The summed E-state index contributed by atoms with van der Waals surface area (Å²) in [5.41, 5.74) is 1.68. The third-order valence-corrected chi connectivity index (χ3v) is 4.59. The predicted molar refractivity (Wildman–Crippen MR) is 74.3 cm³/mol. The van der Waals surface area contributed by atoms with Crippen molar-refractivity contribution in [2.45, 2.75) is 20.8 Å². The molecule has 0 aromatic heterocycles. The van der Waals surface area contributed by atoms with Crippen LogP contribution in [0.2, 0.25) is 5.02 Å². The van der Waals surface area contributed by atoms with E-state index in [1.165, 1.54) is 5.69 Å². The summed E-state index contributed by atoms with van der Waals surface area (Å²) in [6.07, 6.45) is 0. The van der Waals surface area contributed by atoms with Gasteiger partial charge in [0.05, 0.1) is 5.02 Å². The molecule has 16 heavy (non-hydrogen) atoms. The minimum Gasteiger partial charge on any atom is -0.371 e. The molecular weight excluding hydrogens is 286 g/mol. The van der Waals surface area contributed by atoms with Crippen LogP contribution in [0.1, 0.15) is 20.8 Å². The molecule has 1 nitrogen and oxygen atoms in total. The van der Waals surface area contributed by atoms with Crippen LogP contribution >= 0.6 is 27.5 Å². The van der Waals surface area contributed by atoms with Gasteiger partial charge < -0.3 is 4.90 Å². The Balaban J connectivity index is 2.04. The van der Waals surface area contributed by atoms with Crippen molar-refractivity contribution in [1.82, 2.24) is 0 Å². The Morgan fingerprint density at radius 1 is 1.31 bits per heavy atom. The van der Waals surface area contributed by atoms with Gasteiger partial charge in [0.2, 0.25) is 0 Å². The van der Waals surface area contributed by atoms with Gasteiger partial charge in [-0.05, 0) is 45.5 Å². The van der Waals surface area contributed by atoms with E-state index >= 15 is 0 Å². The van der Waals surface area contributed by atoms with E-state index in [1.54, 1.807) is 0 Å². The maximum absolute atomic E-state index is 5.98. The second-order valence-corrected chi connectivity index (χ2v) is 6.83. The SMILES string of the molecule is CC(C)(C)C1CN(c2ccc(Cl)c(Br)c2)C1. The van der Waals surface area contributed by atoms with E-state index in [1.807, 2.05) is 6.07 Å². The lowest BCUT2D eigenvalue weighted by molar-refractivity contribution is 0.195. The molecule has 2 rings (SSSR count). The van der Waals surface area contributed by atoms with Crippen LogP contribution in [0, 0.1) is 11.3 Å². The molecule has 1 heterocycles. The van der Waals surface area contributed by atoms with Gasteiger partial charge in [0.25, 0.3) is 0 Å². The third-order valence-electron chi connectivity index (χ3n) is 3.37. The molecule has 0 radical (unpaired) electrons. The van der Waals surface area contributed by atoms with E-state index in [-0.39, 0.29) is 0 Å². The fraction of sp³-hybridized carbons (Fsp3) is 0.538. The number of anilines is 1. The highest BCUT2D eigenvalue weighted by Gasteiger charge is 2.35. The number of hydrogen-bond donors (Lipinski definition) is 0. The lowest BCUT2D eigenvalue weighted by atomic mass is 9.76. The van der Waals surface area contributed by atoms with Gasteiger partial charge in [0.15, 0.2) is 0 Å². The Hall–Kier alpha value is -0.210. The molecule has 1 aromatic rings. The molecule has 0 atom stereocenters. The summed E-state index contributed by atoms with van der Waals surface area (Å²) < 4.78 is 0.978. The number of nitrogens with zero attached hydrogens (tertiary/aromatic N) is 1. The van der Waals surface area contributed by atoms with E-state index in [4.69, 9.17) is 11.6 Å². The second-order valence-electron chi connectivity index (χ2n) is 5.57. The highest BCUT2D eigenvalue weighted by molar-refractivity contribution is 9.10. The highest BCUT2D eigenvalue weighted by Crippen LogP contribution is 2.37. The zero-order valence-electron chi connectivity index (χ0n) is 9.93. The van der Waals surface area contributed by atoms with E-state index in [0.717, 1.165) is 28.5 Å². The minimum absolute atomic E-state index is 0.417. The Bertz CT molecular complexity index is 391. The average molecular weight is 303 g/mol. The van der Waals surface area contributed by atoms with Gasteiger partial charge in [0, 0.05) is 23.2 Å². The molecular formula is C13H17BrClN. The number of halogens is 2. The van der Waals surface area contributed by atoms with Crippen LogP contribution in [-0.2, 0) is 0 Å². The van der Waals surface area contributed by atoms with E-state index in [9.17, 15) is 0 Å². The maximum Gasteiger partial charge on any atom is 0.0549 e. The summed E-state index contributed by atoms with van der Waals surface area (Å²) in [5, 5.41) is 0.775. The Morgan fingerprint density at radius 3 is 2.44 bits per heavy atom. The van der Waals surface area contributed by atoms with Crippen molar-refractivity contribution in [2.75, 3.05) is 18.0 Å². The van der Waals surface area contributed by atoms with Gasteiger partial charge in [-0.2, -0.15) is 0 Å². The summed E-state index contributed by atoms with van der Waals surface area (Å²) in [4.78, 5) is 2.40. The molecule has 1 fully saturated rings. The molecule has 0 bridgehead atoms. The summed E-state index contributed by atoms with van der Waals surface area (Å²) >= 11 is 9.45. The zero-order chi connectivity index (χ0) is 11.9. The fourth-order valence-electron chi connectivity index (χ4n) is 1.92. The molecule has 0 spiro atoms. The maximum atomic E-state index is 5.98. The lowest BCUT2D eigenvalue weighted by Gasteiger charge is -2.47. The quantitative estimate of drug-likeness (QED) is 0.733. The van der Waals surface area contributed by atoms with Crippen LogP contribution in [0.4, 0.5) is 5.69 Å². The molecule has 1 aliphatic heterocycles. The number of benzene rings is 1. The Morgan fingerprint density at radius 2 is 1.94 bits per heavy atom. The number of hydrogen-bond acceptors (Lipinski definition) is 1. The molecule has 88 valence electrons. The van der Waals surface area contributed by atoms with Crippen molar-refractivity contribution < 1.29 is 0 Å². The van der Waals surface area contributed by atoms with Gasteiger partial charge in [-0.3, -0.25) is 0 Å². The van der Waals surface area contributed by atoms with Gasteiger partial charge in [-0.15, -0.1) is 0 Å². The second kappa shape index (κ2) is 4.23. The van der Waals surface area contributed by atoms with Crippen LogP contribution in [0.15, 0.2) is 22.7 Å². The minimum atomic E-state index is 0.417. The van der Waals surface area contributed by atoms with Crippen LogP contribution < -0.4 is 4.90 Å². The summed E-state index contributed by atoms with van der Waals surface area (Å²) in [6, 6.07) is 6.14. The Labute approximate surface area is 111 Å². The predicted octanol–water partition coefficient (Wildman–Crippen LogP) is 4.58. The standard InChI is InChI=1S/C13H17BrClN/c1-13(2,3)9-7-16(8-9)10-4-5-12(15)11(14)6-10/h4-6,9H,7-8H2,1-3H3. The molecule has 0 aliphatic carbocycles.